The number of ketones is 1. The number of methoxy groups -OCH3 is 2. The van der Waals surface area contributed by atoms with Crippen LogP contribution in [0.15, 0.2) is 53.7 Å². The highest BCUT2D eigenvalue weighted by molar-refractivity contribution is 6.34. The van der Waals surface area contributed by atoms with Gasteiger partial charge >= 0.3 is 6.18 Å². The van der Waals surface area contributed by atoms with Crippen LogP contribution in [0.1, 0.15) is 42.6 Å². The summed E-state index contributed by atoms with van der Waals surface area (Å²) >= 11 is 6.06. The van der Waals surface area contributed by atoms with Crippen LogP contribution < -0.4 is 14.8 Å². The predicted molar refractivity (Wildman–Crippen MR) is 138 cm³/mol. The lowest BCUT2D eigenvalue weighted by Crippen LogP contribution is -2.66. The molecule has 2 aromatic rings. The summed E-state index contributed by atoms with van der Waals surface area (Å²) in [4.78, 5) is 41.2. The summed E-state index contributed by atoms with van der Waals surface area (Å²) in [7, 11) is 2.93. The number of hydrogen-bond donors (Lipinski definition) is 1. The Kier molecular flexibility index (Phi) is 7.46. The Bertz CT molecular complexity index is 1370. The van der Waals surface area contributed by atoms with Crippen LogP contribution >= 0.6 is 11.6 Å². The molecule has 7 nitrogen and oxygen atoms in total. The summed E-state index contributed by atoms with van der Waals surface area (Å²) in [5.41, 5.74) is -4.56. The third kappa shape index (κ3) is 4.97. The second-order valence-corrected chi connectivity index (χ2v) is 10.7. The first kappa shape index (κ1) is 28.5. The number of allylic oxidation sites excluding steroid dienone is 1. The number of alkyl halides is 3. The van der Waals surface area contributed by atoms with Gasteiger partial charge in [0, 0.05) is 18.7 Å². The Morgan fingerprint density at radius 1 is 1.05 bits per heavy atom. The second kappa shape index (κ2) is 10.2. The van der Waals surface area contributed by atoms with Crippen molar-refractivity contribution < 1.29 is 37.0 Å². The lowest BCUT2D eigenvalue weighted by atomic mass is 9.72. The van der Waals surface area contributed by atoms with E-state index in [4.69, 9.17) is 21.1 Å². The van der Waals surface area contributed by atoms with Crippen molar-refractivity contribution in [3.63, 3.8) is 0 Å². The fraction of sp³-hybridized carbons (Fsp3) is 0.393. The van der Waals surface area contributed by atoms with Gasteiger partial charge in [0.1, 0.15) is 0 Å². The molecule has 4 rings (SSSR count). The van der Waals surface area contributed by atoms with Crippen LogP contribution in [0.5, 0.6) is 11.5 Å². The molecule has 1 aliphatic carbocycles. The number of amides is 2. The van der Waals surface area contributed by atoms with Crippen LogP contribution in [-0.2, 0) is 16.0 Å². The second-order valence-electron chi connectivity index (χ2n) is 10.3. The fourth-order valence-electron chi connectivity index (χ4n) is 5.22. The van der Waals surface area contributed by atoms with Crippen molar-refractivity contribution in [2.45, 2.75) is 44.8 Å². The van der Waals surface area contributed by atoms with E-state index in [2.05, 4.69) is 0 Å². The maximum atomic E-state index is 15.0. The first-order chi connectivity index (χ1) is 18.3. The fourth-order valence-corrected chi connectivity index (χ4v) is 5.44. The van der Waals surface area contributed by atoms with Gasteiger partial charge in [-0.2, -0.15) is 13.2 Å². The van der Waals surface area contributed by atoms with E-state index in [9.17, 15) is 27.6 Å². The molecule has 2 aliphatic rings. The molecular formula is C28H28ClF3N2O5. The van der Waals surface area contributed by atoms with Crippen molar-refractivity contribution >= 4 is 29.2 Å². The van der Waals surface area contributed by atoms with Gasteiger partial charge in [0.05, 0.1) is 30.4 Å². The smallest absolute Gasteiger partial charge is 0.425 e. The number of carbonyl (C=O) groups excluding carboxylic acids is 3. The van der Waals surface area contributed by atoms with Crippen molar-refractivity contribution in [1.82, 2.24) is 10.2 Å². The number of ether oxygens (including phenoxy) is 2. The van der Waals surface area contributed by atoms with Crippen LogP contribution in [0.4, 0.5) is 13.2 Å². The number of Topliss-reactive ketones (excluding diaryl/α,β-unsaturated/α-hetero) is 1. The third-order valence-electron chi connectivity index (χ3n) is 7.04. The Labute approximate surface area is 228 Å². The average molecular weight is 565 g/mol. The average Bonchev–Trinajstić information content (AvgIpc) is 3.09. The van der Waals surface area contributed by atoms with E-state index in [-0.39, 0.29) is 42.1 Å². The third-order valence-corrected chi connectivity index (χ3v) is 7.37. The number of hydrogen-bond acceptors (Lipinski definition) is 5. The van der Waals surface area contributed by atoms with Gasteiger partial charge in [-0.15, -0.1) is 0 Å². The van der Waals surface area contributed by atoms with Gasteiger partial charge < -0.3 is 19.7 Å². The van der Waals surface area contributed by atoms with Gasteiger partial charge in [0.15, 0.2) is 17.3 Å². The van der Waals surface area contributed by atoms with E-state index in [1.165, 1.54) is 38.5 Å². The molecule has 0 spiro atoms. The van der Waals surface area contributed by atoms with Crippen molar-refractivity contribution in [1.29, 1.82) is 0 Å². The molecule has 39 heavy (non-hydrogen) atoms. The maximum absolute atomic E-state index is 15.0. The van der Waals surface area contributed by atoms with Crippen LogP contribution in [0, 0.1) is 5.41 Å². The predicted octanol–water partition coefficient (Wildman–Crippen LogP) is 5.12. The molecule has 11 heteroatoms. The molecule has 0 saturated heterocycles. The summed E-state index contributed by atoms with van der Waals surface area (Å²) in [6, 6.07) is 10.6. The topological polar surface area (TPSA) is 84.9 Å². The SMILES string of the molecule is COc1ccc(CCN2C(=O)C(NC(=O)c3ccccc3Cl)(C(F)(F)F)C3=C2CC(C)(C)CC3=O)cc1OC. The van der Waals surface area contributed by atoms with Crippen LogP contribution in [0.2, 0.25) is 5.02 Å². The highest BCUT2D eigenvalue weighted by Crippen LogP contribution is 2.52. The van der Waals surface area contributed by atoms with Crippen LogP contribution in [-0.4, -0.2) is 55.0 Å². The van der Waals surface area contributed by atoms with E-state index in [1.54, 1.807) is 32.0 Å². The molecule has 0 fully saturated rings. The number of rotatable bonds is 7. The number of nitrogens with one attached hydrogen (secondary N) is 1. The summed E-state index contributed by atoms with van der Waals surface area (Å²) < 4.78 is 55.5. The summed E-state index contributed by atoms with van der Waals surface area (Å²) in [5.74, 6) is -2.57. The van der Waals surface area contributed by atoms with Crippen LogP contribution in [0.25, 0.3) is 0 Å². The normalized spacial score (nSPS) is 20.7. The molecule has 2 aromatic carbocycles. The van der Waals surface area contributed by atoms with E-state index in [1.807, 2.05) is 5.32 Å². The molecule has 1 N–H and O–H groups in total. The Hall–Kier alpha value is -3.53. The minimum atomic E-state index is -5.31. The number of carbonyl (C=O) groups is 3. The van der Waals surface area contributed by atoms with Gasteiger partial charge in [-0.3, -0.25) is 14.4 Å². The lowest BCUT2D eigenvalue weighted by molar-refractivity contribution is -0.190. The first-order valence-corrected chi connectivity index (χ1v) is 12.6. The molecule has 1 aliphatic heterocycles. The van der Waals surface area contributed by atoms with Gasteiger partial charge in [-0.05, 0) is 48.1 Å². The minimum absolute atomic E-state index is 0.0292. The molecule has 0 radical (unpaired) electrons. The van der Waals surface area contributed by atoms with E-state index < -0.39 is 40.3 Å². The number of halogens is 4. The molecule has 0 saturated carbocycles. The van der Waals surface area contributed by atoms with Crippen molar-refractivity contribution in [2.75, 3.05) is 20.8 Å². The molecule has 1 heterocycles. The maximum Gasteiger partial charge on any atom is 0.425 e. The van der Waals surface area contributed by atoms with Gasteiger partial charge in [-0.1, -0.05) is 43.6 Å². The Morgan fingerprint density at radius 2 is 1.72 bits per heavy atom. The largest absolute Gasteiger partial charge is 0.493 e. The molecule has 2 amide bonds. The van der Waals surface area contributed by atoms with E-state index in [0.717, 1.165) is 4.90 Å². The number of nitrogens with zero attached hydrogens (tertiary/aromatic N) is 1. The number of benzene rings is 2. The van der Waals surface area contributed by atoms with Gasteiger partial charge in [0.25, 0.3) is 11.8 Å². The molecule has 208 valence electrons. The first-order valence-electron chi connectivity index (χ1n) is 12.2. The zero-order valence-electron chi connectivity index (χ0n) is 21.9. The lowest BCUT2D eigenvalue weighted by Gasteiger charge is -2.35. The minimum Gasteiger partial charge on any atom is -0.493 e. The molecule has 1 unspecified atom stereocenters. The van der Waals surface area contributed by atoms with Crippen molar-refractivity contribution in [2.24, 2.45) is 5.41 Å². The zero-order valence-corrected chi connectivity index (χ0v) is 22.6. The van der Waals surface area contributed by atoms with Crippen molar-refractivity contribution in [3.05, 3.63) is 69.9 Å². The highest BCUT2D eigenvalue weighted by Gasteiger charge is 2.71. The van der Waals surface area contributed by atoms with E-state index >= 15 is 0 Å². The zero-order chi connectivity index (χ0) is 28.8. The molecule has 0 bridgehead atoms. The van der Waals surface area contributed by atoms with E-state index in [0.29, 0.717) is 17.1 Å². The van der Waals surface area contributed by atoms with Crippen LogP contribution in [0.3, 0.4) is 0 Å². The Morgan fingerprint density at radius 3 is 2.33 bits per heavy atom. The summed E-state index contributed by atoms with van der Waals surface area (Å²) in [5, 5.41) is 1.81. The molecule has 0 aromatic heterocycles. The molecule has 1 atom stereocenters. The highest BCUT2D eigenvalue weighted by atomic mass is 35.5. The summed E-state index contributed by atoms with van der Waals surface area (Å²) in [6.07, 6.45) is -5.31. The van der Waals surface area contributed by atoms with Gasteiger partial charge in [0.2, 0.25) is 5.54 Å². The quantitative estimate of drug-likeness (QED) is 0.505. The summed E-state index contributed by atoms with van der Waals surface area (Å²) in [6.45, 7) is 3.35. The Balaban J connectivity index is 1.79. The van der Waals surface area contributed by atoms with Gasteiger partial charge in [-0.25, -0.2) is 0 Å². The molecular weight excluding hydrogens is 537 g/mol. The standard InChI is InChI=1S/C28H28ClF3N2O5/c1-26(2)14-19-23(20(35)15-26)27(28(30,31)32,33-24(36)17-7-5-6-8-18(17)29)25(37)34(19)12-11-16-9-10-21(38-3)22(13-16)39-4/h5-10,13H,11-12,14-15H2,1-4H3,(H,33,36). The monoisotopic (exact) mass is 564 g/mol. The van der Waals surface area contributed by atoms with Crippen molar-refractivity contribution in [3.8, 4) is 11.5 Å².